The van der Waals surface area contributed by atoms with Crippen LogP contribution in [0.2, 0.25) is 0 Å². The van der Waals surface area contributed by atoms with E-state index >= 15 is 0 Å². The third-order valence-corrected chi connectivity index (χ3v) is 5.05. The number of ether oxygens (including phenoxy) is 1. The van der Waals surface area contributed by atoms with Crippen LogP contribution in [-0.4, -0.2) is 20.3 Å². The van der Waals surface area contributed by atoms with Crippen LogP contribution < -0.4 is 4.74 Å². The van der Waals surface area contributed by atoms with Gasteiger partial charge < -0.3 is 14.4 Å². The number of phenolic OH excluding ortho intramolecular Hbond substituents is 1. The van der Waals surface area contributed by atoms with Gasteiger partial charge in [-0.1, -0.05) is 0 Å². The average molecular weight is 300 g/mol. The van der Waals surface area contributed by atoms with Crippen LogP contribution in [-0.2, 0) is 13.0 Å². The second-order valence-corrected chi connectivity index (χ2v) is 6.63. The van der Waals surface area contributed by atoms with Gasteiger partial charge in [0.15, 0.2) is 0 Å². The Hall–Kier alpha value is -1.97. The van der Waals surface area contributed by atoms with Crippen molar-refractivity contribution in [2.24, 2.45) is 0 Å². The number of imidazole rings is 1. The molecule has 0 spiro atoms. The lowest BCUT2D eigenvalue weighted by molar-refractivity contribution is 0.0505. The zero-order valence-corrected chi connectivity index (χ0v) is 13.8. The van der Waals surface area contributed by atoms with E-state index in [0.717, 1.165) is 48.2 Å². The summed E-state index contributed by atoms with van der Waals surface area (Å²) in [5.41, 5.74) is 3.95. The Bertz CT molecular complexity index is 692. The zero-order chi connectivity index (χ0) is 15.9. The monoisotopic (exact) mass is 300 g/mol. The molecule has 1 aromatic carbocycles. The average Bonchev–Trinajstić information content (AvgIpc) is 3.02. The first-order valence-electron chi connectivity index (χ1n) is 7.87. The fourth-order valence-corrected chi connectivity index (χ4v) is 3.26. The third-order valence-electron chi connectivity index (χ3n) is 5.05. The Morgan fingerprint density at radius 2 is 2.05 bits per heavy atom. The van der Waals surface area contributed by atoms with Gasteiger partial charge in [-0.2, -0.15) is 0 Å². The molecular formula is C18H24N2O2. The van der Waals surface area contributed by atoms with Crippen molar-refractivity contribution in [2.75, 3.05) is 0 Å². The first kappa shape index (κ1) is 14.9. The fraction of sp³-hybridized carbons (Fsp3) is 0.500. The Morgan fingerprint density at radius 3 is 2.73 bits per heavy atom. The molecule has 1 aromatic heterocycles. The molecule has 118 valence electrons. The maximum atomic E-state index is 10.2. The molecule has 0 radical (unpaired) electrons. The number of nitrogens with zero attached hydrogens (tertiary/aromatic N) is 2. The smallest absolute Gasteiger partial charge is 0.127 e. The number of rotatable bonds is 3. The molecule has 2 aromatic rings. The highest BCUT2D eigenvalue weighted by molar-refractivity contribution is 5.58. The van der Waals surface area contributed by atoms with Gasteiger partial charge in [0, 0.05) is 30.9 Å². The second-order valence-electron chi connectivity index (χ2n) is 6.63. The lowest BCUT2D eigenvalue weighted by Crippen LogP contribution is -2.38. The summed E-state index contributed by atoms with van der Waals surface area (Å²) in [7, 11) is 0. The van der Waals surface area contributed by atoms with Crippen molar-refractivity contribution >= 4 is 0 Å². The van der Waals surface area contributed by atoms with E-state index in [1.54, 1.807) is 6.20 Å². The summed E-state index contributed by atoms with van der Waals surface area (Å²) in [5.74, 6) is 1.40. The molecule has 1 unspecified atom stereocenters. The van der Waals surface area contributed by atoms with Crippen molar-refractivity contribution in [1.29, 1.82) is 0 Å². The van der Waals surface area contributed by atoms with Crippen molar-refractivity contribution in [3.05, 3.63) is 41.0 Å². The number of fused-ring (bicyclic) bond motifs is 1. The van der Waals surface area contributed by atoms with Gasteiger partial charge in [-0.3, -0.25) is 0 Å². The van der Waals surface area contributed by atoms with Gasteiger partial charge >= 0.3 is 0 Å². The molecule has 0 fully saturated rings. The summed E-state index contributed by atoms with van der Waals surface area (Å²) in [6.45, 7) is 9.07. The maximum absolute atomic E-state index is 10.2. The molecule has 0 amide bonds. The molecule has 1 atom stereocenters. The van der Waals surface area contributed by atoms with Crippen LogP contribution in [0.15, 0.2) is 18.7 Å². The minimum Gasteiger partial charge on any atom is -0.507 e. The van der Waals surface area contributed by atoms with Crippen LogP contribution in [0.4, 0.5) is 0 Å². The normalized spacial score (nSPS) is 20.5. The lowest BCUT2D eigenvalue weighted by atomic mass is 9.85. The molecule has 1 N–H and O–H groups in total. The molecule has 1 aliphatic heterocycles. The van der Waals surface area contributed by atoms with Gasteiger partial charge in [0.2, 0.25) is 0 Å². The molecule has 4 nitrogen and oxygen atoms in total. The highest BCUT2D eigenvalue weighted by Crippen LogP contribution is 2.44. The van der Waals surface area contributed by atoms with Crippen LogP contribution in [0.5, 0.6) is 11.5 Å². The molecule has 2 heterocycles. The molecule has 0 aliphatic carbocycles. The van der Waals surface area contributed by atoms with Gasteiger partial charge in [-0.15, -0.1) is 0 Å². The van der Waals surface area contributed by atoms with Crippen LogP contribution in [0.25, 0.3) is 0 Å². The van der Waals surface area contributed by atoms with E-state index in [0.29, 0.717) is 5.75 Å². The van der Waals surface area contributed by atoms with Crippen LogP contribution in [0.3, 0.4) is 0 Å². The summed E-state index contributed by atoms with van der Waals surface area (Å²) in [6.07, 6.45) is 8.50. The van der Waals surface area contributed by atoms with E-state index < -0.39 is 0 Å². The largest absolute Gasteiger partial charge is 0.507 e. The Labute approximate surface area is 131 Å². The Morgan fingerprint density at radius 1 is 1.27 bits per heavy atom. The molecule has 1 aliphatic rings. The predicted molar refractivity (Wildman–Crippen MR) is 86.5 cm³/mol. The van der Waals surface area contributed by atoms with Crippen LogP contribution in [0.1, 0.15) is 42.0 Å². The number of hydrogen-bond acceptors (Lipinski definition) is 3. The summed E-state index contributed by atoms with van der Waals surface area (Å²) < 4.78 is 8.51. The number of benzene rings is 1. The first-order chi connectivity index (χ1) is 10.4. The third kappa shape index (κ3) is 2.47. The first-order valence-corrected chi connectivity index (χ1v) is 7.87. The molecule has 4 heteroatoms. The van der Waals surface area contributed by atoms with E-state index in [4.69, 9.17) is 4.74 Å². The Balaban J connectivity index is 1.86. The molecular weight excluding hydrogens is 276 g/mol. The highest BCUT2D eigenvalue weighted by Gasteiger charge is 2.34. The highest BCUT2D eigenvalue weighted by atomic mass is 16.5. The lowest BCUT2D eigenvalue weighted by Gasteiger charge is -2.38. The van der Waals surface area contributed by atoms with E-state index in [1.807, 2.05) is 33.3 Å². The minimum absolute atomic E-state index is 0.169. The summed E-state index contributed by atoms with van der Waals surface area (Å²) in [4.78, 5) is 4.09. The van der Waals surface area contributed by atoms with Crippen molar-refractivity contribution in [3.8, 4) is 11.5 Å². The molecule has 22 heavy (non-hydrogen) atoms. The van der Waals surface area contributed by atoms with Crippen molar-refractivity contribution in [3.63, 3.8) is 0 Å². The number of phenols is 1. The molecule has 3 rings (SSSR count). The molecule has 0 saturated heterocycles. The van der Waals surface area contributed by atoms with E-state index in [2.05, 4.69) is 16.5 Å². The van der Waals surface area contributed by atoms with Gasteiger partial charge in [0.05, 0.1) is 6.33 Å². The zero-order valence-electron chi connectivity index (χ0n) is 13.8. The standard InChI is InChI=1S/C18H24N2O2/c1-12-13(2)17-15(14(3)16(12)21)5-6-18(4,22-17)7-9-20-10-8-19-11-20/h8,10-11,21H,5-7,9H2,1-4H3. The SMILES string of the molecule is Cc1c(C)c2c(c(C)c1O)CCC(C)(CCn1ccnc1)O2. The summed E-state index contributed by atoms with van der Waals surface area (Å²) >= 11 is 0. The van der Waals surface area contributed by atoms with E-state index in [-0.39, 0.29) is 5.60 Å². The molecule has 0 saturated carbocycles. The second kappa shape index (κ2) is 5.34. The van der Waals surface area contributed by atoms with Crippen LogP contribution >= 0.6 is 0 Å². The minimum atomic E-state index is -0.169. The number of aromatic hydroxyl groups is 1. The quantitative estimate of drug-likeness (QED) is 0.940. The van der Waals surface area contributed by atoms with Crippen LogP contribution in [0, 0.1) is 20.8 Å². The van der Waals surface area contributed by atoms with Crippen molar-refractivity contribution < 1.29 is 9.84 Å². The van der Waals surface area contributed by atoms with Gasteiger partial charge in [0.25, 0.3) is 0 Å². The Kier molecular flexibility index (Phi) is 3.63. The predicted octanol–water partition coefficient (Wildman–Crippen LogP) is 3.69. The van der Waals surface area contributed by atoms with Gasteiger partial charge in [0.1, 0.15) is 17.1 Å². The fourth-order valence-electron chi connectivity index (χ4n) is 3.26. The summed E-state index contributed by atoms with van der Waals surface area (Å²) in [5, 5.41) is 10.2. The van der Waals surface area contributed by atoms with E-state index in [1.165, 1.54) is 5.56 Å². The topological polar surface area (TPSA) is 47.3 Å². The van der Waals surface area contributed by atoms with Crippen molar-refractivity contribution in [1.82, 2.24) is 9.55 Å². The van der Waals surface area contributed by atoms with Crippen molar-refractivity contribution in [2.45, 2.75) is 59.1 Å². The van der Waals surface area contributed by atoms with E-state index in [9.17, 15) is 5.11 Å². The maximum Gasteiger partial charge on any atom is 0.127 e. The number of aryl methyl sites for hydroxylation is 1. The van der Waals surface area contributed by atoms with Gasteiger partial charge in [-0.05, 0) is 57.2 Å². The number of aromatic nitrogens is 2. The van der Waals surface area contributed by atoms with Gasteiger partial charge in [-0.25, -0.2) is 4.98 Å². The number of hydrogen-bond donors (Lipinski definition) is 1. The molecule has 0 bridgehead atoms. The summed E-state index contributed by atoms with van der Waals surface area (Å²) in [6, 6.07) is 0.